The van der Waals surface area contributed by atoms with E-state index in [2.05, 4.69) is 4.98 Å². The Kier molecular flexibility index (Phi) is 3.35. The summed E-state index contributed by atoms with van der Waals surface area (Å²) in [5.74, 6) is -1.42. The van der Waals surface area contributed by atoms with Crippen LogP contribution in [-0.4, -0.2) is 10.9 Å². The quantitative estimate of drug-likeness (QED) is 0.885. The molecule has 104 valence electrons. The summed E-state index contributed by atoms with van der Waals surface area (Å²) in [7, 11) is 0. The first-order chi connectivity index (χ1) is 9.30. The number of hydrogen-bond acceptors (Lipinski definition) is 2. The third-order valence-electron chi connectivity index (χ3n) is 2.67. The lowest BCUT2D eigenvalue weighted by Gasteiger charge is -2.12. The second-order valence-corrected chi connectivity index (χ2v) is 4.03. The summed E-state index contributed by atoms with van der Waals surface area (Å²) in [4.78, 5) is 24.9. The molecule has 2 aromatic rings. The minimum atomic E-state index is -4.85. The molecule has 0 aliphatic rings. The van der Waals surface area contributed by atoms with E-state index in [0.29, 0.717) is 11.6 Å². The lowest BCUT2D eigenvalue weighted by molar-refractivity contribution is -0.138. The molecule has 1 aromatic heterocycles. The van der Waals surface area contributed by atoms with Gasteiger partial charge < -0.3 is 10.7 Å². The Bertz CT molecular complexity index is 706. The third kappa shape index (κ3) is 2.56. The van der Waals surface area contributed by atoms with Gasteiger partial charge in [-0.2, -0.15) is 13.2 Å². The van der Waals surface area contributed by atoms with Crippen molar-refractivity contribution in [2.75, 3.05) is 0 Å². The first-order valence-electron chi connectivity index (χ1n) is 5.50. The molecule has 0 atom stereocenters. The molecule has 0 fully saturated rings. The summed E-state index contributed by atoms with van der Waals surface area (Å²) < 4.78 is 38.8. The van der Waals surface area contributed by atoms with E-state index in [1.807, 2.05) is 0 Å². The number of carbonyl (C=O) groups is 1. The Morgan fingerprint density at radius 2 is 1.75 bits per heavy atom. The molecule has 2 rings (SSSR count). The zero-order valence-corrected chi connectivity index (χ0v) is 9.99. The second kappa shape index (κ2) is 4.84. The Labute approximate surface area is 111 Å². The Hall–Kier alpha value is -2.57. The smallest absolute Gasteiger partial charge is 0.365 e. The number of carbonyl (C=O) groups excluding carboxylic acids is 1. The van der Waals surface area contributed by atoms with E-state index in [0.717, 1.165) is 0 Å². The molecule has 3 N–H and O–H groups in total. The van der Waals surface area contributed by atoms with Crippen molar-refractivity contribution in [1.29, 1.82) is 0 Å². The number of halogens is 3. The zero-order chi connectivity index (χ0) is 14.9. The monoisotopic (exact) mass is 282 g/mol. The van der Waals surface area contributed by atoms with Crippen LogP contribution < -0.4 is 11.3 Å². The highest BCUT2D eigenvalue weighted by atomic mass is 19.4. The van der Waals surface area contributed by atoms with Crippen molar-refractivity contribution >= 4 is 5.91 Å². The molecule has 0 radical (unpaired) electrons. The van der Waals surface area contributed by atoms with Crippen LogP contribution in [0.15, 0.2) is 41.2 Å². The number of primary amides is 1. The predicted molar refractivity (Wildman–Crippen MR) is 66.0 cm³/mol. The standard InChI is InChI=1S/C13H9F3N2O2/c14-13(15,16)8-6-9(7-4-2-1-3-5-7)18-12(20)10(8)11(17)19/h1-6H,(H2,17,19)(H,18,20). The van der Waals surface area contributed by atoms with Crippen LogP contribution in [0.25, 0.3) is 11.3 Å². The number of pyridine rings is 1. The Morgan fingerprint density at radius 3 is 2.25 bits per heavy atom. The lowest BCUT2D eigenvalue weighted by atomic mass is 10.0. The summed E-state index contributed by atoms with van der Waals surface area (Å²) in [6.45, 7) is 0. The number of rotatable bonds is 2. The molecule has 0 bridgehead atoms. The van der Waals surface area contributed by atoms with Crippen LogP contribution in [-0.2, 0) is 6.18 Å². The van der Waals surface area contributed by atoms with Crippen LogP contribution >= 0.6 is 0 Å². The average Bonchev–Trinajstić information content (AvgIpc) is 2.37. The summed E-state index contributed by atoms with van der Waals surface area (Å²) in [6.07, 6.45) is -4.85. The highest BCUT2D eigenvalue weighted by Gasteiger charge is 2.37. The fourth-order valence-corrected chi connectivity index (χ4v) is 1.80. The fraction of sp³-hybridized carbons (Fsp3) is 0.0769. The summed E-state index contributed by atoms with van der Waals surface area (Å²) in [5, 5.41) is 0. The van der Waals surface area contributed by atoms with Gasteiger partial charge in [0, 0.05) is 5.69 Å². The van der Waals surface area contributed by atoms with Gasteiger partial charge in [0.1, 0.15) is 5.56 Å². The van der Waals surface area contributed by atoms with Crippen molar-refractivity contribution in [3.63, 3.8) is 0 Å². The maximum absolute atomic E-state index is 12.9. The SMILES string of the molecule is NC(=O)c1c(C(F)(F)F)cc(-c2ccccc2)[nH]c1=O. The van der Waals surface area contributed by atoms with Gasteiger partial charge in [0.2, 0.25) is 0 Å². The molecule has 1 amide bonds. The number of aromatic amines is 1. The van der Waals surface area contributed by atoms with Crippen LogP contribution in [0.2, 0.25) is 0 Å². The number of nitrogens with two attached hydrogens (primary N) is 1. The maximum Gasteiger partial charge on any atom is 0.417 e. The number of H-pyrrole nitrogens is 1. The van der Waals surface area contributed by atoms with Crippen LogP contribution in [0.5, 0.6) is 0 Å². The van der Waals surface area contributed by atoms with Gasteiger partial charge >= 0.3 is 6.18 Å². The predicted octanol–water partition coefficient (Wildman–Crippen LogP) is 2.16. The molecule has 0 aliphatic heterocycles. The number of nitrogens with one attached hydrogen (secondary N) is 1. The molecule has 1 heterocycles. The number of alkyl halides is 3. The van der Waals surface area contributed by atoms with Gasteiger partial charge in [-0.3, -0.25) is 9.59 Å². The number of benzene rings is 1. The molecule has 4 nitrogen and oxygen atoms in total. The highest BCUT2D eigenvalue weighted by molar-refractivity contribution is 5.94. The van der Waals surface area contributed by atoms with E-state index in [9.17, 15) is 22.8 Å². The first kappa shape index (κ1) is 13.9. The molecule has 20 heavy (non-hydrogen) atoms. The Balaban J connectivity index is 2.75. The zero-order valence-electron chi connectivity index (χ0n) is 9.99. The number of amides is 1. The van der Waals surface area contributed by atoms with Crippen LogP contribution in [0.4, 0.5) is 13.2 Å². The molecule has 0 aliphatic carbocycles. The van der Waals surface area contributed by atoms with Crippen molar-refractivity contribution in [2.45, 2.75) is 6.18 Å². The third-order valence-corrected chi connectivity index (χ3v) is 2.67. The number of aromatic nitrogens is 1. The average molecular weight is 282 g/mol. The van der Waals surface area contributed by atoms with Crippen LogP contribution in [0.3, 0.4) is 0 Å². The Morgan fingerprint density at radius 1 is 1.15 bits per heavy atom. The molecular formula is C13H9F3N2O2. The lowest BCUT2D eigenvalue weighted by Crippen LogP contribution is -2.29. The molecular weight excluding hydrogens is 273 g/mol. The van der Waals surface area contributed by atoms with E-state index in [1.165, 1.54) is 12.1 Å². The van der Waals surface area contributed by atoms with E-state index in [4.69, 9.17) is 5.73 Å². The van der Waals surface area contributed by atoms with E-state index in [1.54, 1.807) is 18.2 Å². The second-order valence-electron chi connectivity index (χ2n) is 4.03. The normalized spacial score (nSPS) is 11.3. The van der Waals surface area contributed by atoms with Gasteiger partial charge in [-0.05, 0) is 11.6 Å². The van der Waals surface area contributed by atoms with Gasteiger partial charge in [-0.15, -0.1) is 0 Å². The molecule has 0 saturated heterocycles. The summed E-state index contributed by atoms with van der Waals surface area (Å²) in [5.41, 5.74) is 1.62. The van der Waals surface area contributed by atoms with Crippen LogP contribution in [0, 0.1) is 0 Å². The topological polar surface area (TPSA) is 76.0 Å². The fourth-order valence-electron chi connectivity index (χ4n) is 1.80. The largest absolute Gasteiger partial charge is 0.417 e. The van der Waals surface area contributed by atoms with Crippen LogP contribution in [0.1, 0.15) is 15.9 Å². The van der Waals surface area contributed by atoms with Crippen molar-refractivity contribution in [1.82, 2.24) is 4.98 Å². The van der Waals surface area contributed by atoms with Crippen molar-refractivity contribution in [2.24, 2.45) is 5.73 Å². The minimum absolute atomic E-state index is 0.0343. The van der Waals surface area contributed by atoms with Gasteiger partial charge in [0.05, 0.1) is 5.56 Å². The van der Waals surface area contributed by atoms with Gasteiger partial charge in [-0.25, -0.2) is 0 Å². The number of hydrogen-bond donors (Lipinski definition) is 2. The van der Waals surface area contributed by atoms with Gasteiger partial charge in [0.25, 0.3) is 11.5 Å². The van der Waals surface area contributed by atoms with E-state index in [-0.39, 0.29) is 5.69 Å². The van der Waals surface area contributed by atoms with Gasteiger partial charge in [0.15, 0.2) is 0 Å². The molecule has 0 spiro atoms. The molecule has 0 unspecified atom stereocenters. The maximum atomic E-state index is 12.9. The molecule has 1 aromatic carbocycles. The first-order valence-corrected chi connectivity index (χ1v) is 5.50. The summed E-state index contributed by atoms with van der Waals surface area (Å²) >= 11 is 0. The molecule has 7 heteroatoms. The molecule has 0 saturated carbocycles. The van der Waals surface area contributed by atoms with E-state index >= 15 is 0 Å². The van der Waals surface area contributed by atoms with Crippen molar-refractivity contribution in [3.8, 4) is 11.3 Å². The highest BCUT2D eigenvalue weighted by Crippen LogP contribution is 2.32. The van der Waals surface area contributed by atoms with Gasteiger partial charge in [-0.1, -0.05) is 30.3 Å². The summed E-state index contributed by atoms with van der Waals surface area (Å²) in [6, 6.07) is 8.69. The van der Waals surface area contributed by atoms with Crippen molar-refractivity contribution in [3.05, 3.63) is 57.9 Å². The minimum Gasteiger partial charge on any atom is -0.365 e. The van der Waals surface area contributed by atoms with Crippen molar-refractivity contribution < 1.29 is 18.0 Å². The van der Waals surface area contributed by atoms with E-state index < -0.39 is 28.8 Å².